The molecule has 0 atom stereocenters. The molecule has 1 aromatic carbocycles. The van der Waals surface area contributed by atoms with Gasteiger partial charge < -0.3 is 4.74 Å². The zero-order valence-electron chi connectivity index (χ0n) is 10.8. The molecular formula is C15H20O2. The third-order valence-electron chi connectivity index (χ3n) is 2.59. The molecule has 1 rings (SSSR count). The lowest BCUT2D eigenvalue weighted by Crippen LogP contribution is -1.96. The summed E-state index contributed by atoms with van der Waals surface area (Å²) in [5, 5.41) is 0. The van der Waals surface area contributed by atoms with E-state index in [2.05, 4.69) is 6.92 Å². The van der Waals surface area contributed by atoms with Gasteiger partial charge in [0.15, 0.2) is 5.78 Å². The lowest BCUT2D eigenvalue weighted by molar-refractivity contribution is -0.113. The molecule has 0 saturated heterocycles. The summed E-state index contributed by atoms with van der Waals surface area (Å²) in [6, 6.07) is 7.81. The third kappa shape index (κ3) is 4.85. The van der Waals surface area contributed by atoms with Gasteiger partial charge in [-0.3, -0.25) is 4.79 Å². The van der Waals surface area contributed by atoms with Gasteiger partial charge in [-0.25, -0.2) is 0 Å². The molecule has 0 fully saturated rings. The van der Waals surface area contributed by atoms with E-state index in [9.17, 15) is 4.79 Å². The summed E-state index contributed by atoms with van der Waals surface area (Å²) in [4.78, 5) is 11.1. The number of unbranched alkanes of at least 4 members (excludes halogenated alkanes) is 1. The fraction of sp³-hybridized carbons (Fsp3) is 0.400. The highest BCUT2D eigenvalue weighted by molar-refractivity contribution is 5.97. The molecule has 17 heavy (non-hydrogen) atoms. The first-order valence-corrected chi connectivity index (χ1v) is 6.05. The van der Waals surface area contributed by atoms with Crippen LogP contribution in [0.25, 0.3) is 6.08 Å². The van der Waals surface area contributed by atoms with Gasteiger partial charge in [0.1, 0.15) is 5.75 Å². The first-order valence-electron chi connectivity index (χ1n) is 6.05. The van der Waals surface area contributed by atoms with E-state index in [0.717, 1.165) is 36.3 Å². The Morgan fingerprint density at radius 2 is 1.88 bits per heavy atom. The van der Waals surface area contributed by atoms with Crippen LogP contribution in [0.1, 0.15) is 39.2 Å². The van der Waals surface area contributed by atoms with Crippen molar-refractivity contribution in [2.24, 2.45) is 0 Å². The molecule has 0 saturated carbocycles. The number of benzene rings is 1. The maximum atomic E-state index is 11.1. The molecule has 92 valence electrons. The van der Waals surface area contributed by atoms with E-state index in [4.69, 9.17) is 4.74 Å². The summed E-state index contributed by atoms with van der Waals surface area (Å²) in [5.74, 6) is 0.990. The highest BCUT2D eigenvalue weighted by Crippen LogP contribution is 2.15. The number of carbonyl (C=O) groups is 1. The van der Waals surface area contributed by atoms with Gasteiger partial charge in [-0.1, -0.05) is 25.5 Å². The van der Waals surface area contributed by atoms with Gasteiger partial charge >= 0.3 is 0 Å². The summed E-state index contributed by atoms with van der Waals surface area (Å²) in [7, 11) is 0. The minimum absolute atomic E-state index is 0.105. The largest absolute Gasteiger partial charge is 0.494 e. The van der Waals surface area contributed by atoms with Crippen LogP contribution in [0, 0.1) is 0 Å². The Morgan fingerprint density at radius 3 is 2.41 bits per heavy atom. The monoisotopic (exact) mass is 232 g/mol. The van der Waals surface area contributed by atoms with Crippen molar-refractivity contribution in [2.75, 3.05) is 6.61 Å². The number of Topliss-reactive ketones (excluding diaryl/α,β-unsaturated/α-hetero) is 1. The predicted molar refractivity (Wildman–Crippen MR) is 71.2 cm³/mol. The third-order valence-corrected chi connectivity index (χ3v) is 2.59. The molecule has 2 heteroatoms. The summed E-state index contributed by atoms with van der Waals surface area (Å²) < 4.78 is 5.57. The van der Waals surface area contributed by atoms with E-state index in [1.54, 1.807) is 6.92 Å². The number of allylic oxidation sites excluding steroid dienone is 1. The number of ketones is 1. The van der Waals surface area contributed by atoms with E-state index in [1.807, 2.05) is 37.3 Å². The quantitative estimate of drug-likeness (QED) is 0.550. The van der Waals surface area contributed by atoms with Crippen LogP contribution in [0.4, 0.5) is 0 Å². The second kappa shape index (κ2) is 6.89. The van der Waals surface area contributed by atoms with Crippen molar-refractivity contribution in [3.05, 3.63) is 35.4 Å². The first kappa shape index (κ1) is 13.5. The Labute approximate surface area is 103 Å². The smallest absolute Gasteiger partial charge is 0.155 e. The summed E-state index contributed by atoms with van der Waals surface area (Å²) in [5.41, 5.74) is 1.80. The van der Waals surface area contributed by atoms with Crippen molar-refractivity contribution in [2.45, 2.75) is 33.6 Å². The number of hydrogen-bond donors (Lipinski definition) is 0. The fourth-order valence-corrected chi connectivity index (χ4v) is 1.35. The first-order chi connectivity index (χ1) is 8.13. The minimum Gasteiger partial charge on any atom is -0.494 e. The van der Waals surface area contributed by atoms with E-state index < -0.39 is 0 Å². The molecular weight excluding hydrogens is 212 g/mol. The van der Waals surface area contributed by atoms with Crippen molar-refractivity contribution in [3.8, 4) is 5.75 Å². The van der Waals surface area contributed by atoms with E-state index >= 15 is 0 Å². The predicted octanol–water partition coefficient (Wildman–Crippen LogP) is 3.86. The molecule has 0 aliphatic carbocycles. The zero-order chi connectivity index (χ0) is 12.7. The normalized spacial score (nSPS) is 11.4. The van der Waals surface area contributed by atoms with Crippen molar-refractivity contribution in [3.63, 3.8) is 0 Å². The topological polar surface area (TPSA) is 26.3 Å². The van der Waals surface area contributed by atoms with Crippen molar-refractivity contribution >= 4 is 11.9 Å². The molecule has 0 bridgehead atoms. The van der Waals surface area contributed by atoms with Crippen LogP contribution in [0.3, 0.4) is 0 Å². The van der Waals surface area contributed by atoms with Gasteiger partial charge in [0.2, 0.25) is 0 Å². The summed E-state index contributed by atoms with van der Waals surface area (Å²) in [6.45, 7) is 6.31. The van der Waals surface area contributed by atoms with Gasteiger partial charge in [0.25, 0.3) is 0 Å². The average Bonchev–Trinajstić information content (AvgIpc) is 2.31. The Hall–Kier alpha value is -1.57. The van der Waals surface area contributed by atoms with Crippen LogP contribution >= 0.6 is 0 Å². The molecule has 0 heterocycles. The highest BCUT2D eigenvalue weighted by Gasteiger charge is 1.97. The average molecular weight is 232 g/mol. The summed E-state index contributed by atoms with van der Waals surface area (Å²) >= 11 is 0. The van der Waals surface area contributed by atoms with Crippen LogP contribution in [0.2, 0.25) is 0 Å². The van der Waals surface area contributed by atoms with Gasteiger partial charge in [-0.15, -0.1) is 0 Å². The Kier molecular flexibility index (Phi) is 5.47. The van der Waals surface area contributed by atoms with Crippen LogP contribution in [-0.2, 0) is 4.79 Å². The number of hydrogen-bond acceptors (Lipinski definition) is 2. The molecule has 0 N–H and O–H groups in total. The van der Waals surface area contributed by atoms with Gasteiger partial charge in [-0.05, 0) is 49.6 Å². The second-order valence-electron chi connectivity index (χ2n) is 4.15. The van der Waals surface area contributed by atoms with Crippen molar-refractivity contribution in [1.29, 1.82) is 0 Å². The fourth-order valence-electron chi connectivity index (χ4n) is 1.35. The Balaban J connectivity index is 2.62. The maximum Gasteiger partial charge on any atom is 0.155 e. The molecule has 0 aliphatic rings. The zero-order valence-corrected chi connectivity index (χ0v) is 10.8. The lowest BCUT2D eigenvalue weighted by Gasteiger charge is -2.05. The van der Waals surface area contributed by atoms with Crippen molar-refractivity contribution < 1.29 is 9.53 Å². The van der Waals surface area contributed by atoms with E-state index in [-0.39, 0.29) is 5.78 Å². The second-order valence-corrected chi connectivity index (χ2v) is 4.15. The standard InChI is InChI=1S/C15H20O2/c1-4-5-10-17-15-8-6-14(7-9-15)11-12(2)13(3)16/h6-9,11H,4-5,10H2,1-3H3/b12-11-. The molecule has 0 unspecified atom stereocenters. The van der Waals surface area contributed by atoms with Gasteiger partial charge in [-0.2, -0.15) is 0 Å². The molecule has 0 aliphatic heterocycles. The van der Waals surface area contributed by atoms with Crippen LogP contribution < -0.4 is 4.74 Å². The highest BCUT2D eigenvalue weighted by atomic mass is 16.5. The molecule has 0 spiro atoms. The van der Waals surface area contributed by atoms with Crippen molar-refractivity contribution in [1.82, 2.24) is 0 Å². The Bertz CT molecular complexity index is 388. The van der Waals surface area contributed by atoms with Crippen LogP contribution in [-0.4, -0.2) is 12.4 Å². The number of rotatable bonds is 6. The molecule has 2 nitrogen and oxygen atoms in total. The van der Waals surface area contributed by atoms with E-state index in [1.165, 1.54) is 0 Å². The molecule has 0 aromatic heterocycles. The van der Waals surface area contributed by atoms with Crippen LogP contribution in [0.5, 0.6) is 5.75 Å². The molecule has 0 radical (unpaired) electrons. The SMILES string of the molecule is CCCCOc1ccc(/C=C(/C)C(C)=O)cc1. The Morgan fingerprint density at radius 1 is 1.24 bits per heavy atom. The molecule has 1 aromatic rings. The number of carbonyl (C=O) groups excluding carboxylic acids is 1. The minimum atomic E-state index is 0.105. The van der Waals surface area contributed by atoms with E-state index in [0.29, 0.717) is 0 Å². The number of ether oxygens (including phenoxy) is 1. The van der Waals surface area contributed by atoms with Crippen LogP contribution in [0.15, 0.2) is 29.8 Å². The maximum absolute atomic E-state index is 11.1. The molecule has 0 amide bonds. The van der Waals surface area contributed by atoms with Gasteiger partial charge in [0.05, 0.1) is 6.61 Å². The summed E-state index contributed by atoms with van der Waals surface area (Å²) in [6.07, 6.45) is 4.10. The lowest BCUT2D eigenvalue weighted by atomic mass is 10.1. The van der Waals surface area contributed by atoms with Gasteiger partial charge in [0, 0.05) is 0 Å².